The minimum Gasteiger partial charge on any atom is -0.384 e. The highest BCUT2D eigenvalue weighted by atomic mass is 79.9. The van der Waals surface area contributed by atoms with Gasteiger partial charge in [0.05, 0.1) is 12.4 Å². The Morgan fingerprint density at radius 1 is 1.44 bits per heavy atom. The van der Waals surface area contributed by atoms with Gasteiger partial charge in [0.25, 0.3) is 0 Å². The van der Waals surface area contributed by atoms with Crippen LogP contribution in [0.4, 0.5) is 4.39 Å². The Labute approximate surface area is 215 Å². The van der Waals surface area contributed by atoms with E-state index in [9.17, 15) is 12.8 Å². The first-order valence-electron chi connectivity index (χ1n) is 10.5. The van der Waals surface area contributed by atoms with Crippen LogP contribution < -0.4 is 4.72 Å². The van der Waals surface area contributed by atoms with Gasteiger partial charge in [-0.3, -0.25) is 4.99 Å². The number of allylic oxidation sites excluding steroid dienone is 1. The third-order valence-electron chi connectivity index (χ3n) is 5.65. The highest BCUT2D eigenvalue weighted by Gasteiger charge is 2.39. The van der Waals surface area contributed by atoms with Crippen LogP contribution in [0.1, 0.15) is 23.0 Å². The van der Waals surface area contributed by atoms with E-state index in [1.807, 2.05) is 11.5 Å². The Kier molecular flexibility index (Phi) is 8.21. The molecule has 0 bridgehead atoms. The molecule has 1 fully saturated rings. The quantitative estimate of drug-likeness (QED) is 0.466. The van der Waals surface area contributed by atoms with Crippen LogP contribution in [0.15, 0.2) is 57.1 Å². The smallest absolute Gasteiger partial charge is 0.213 e. The fraction of sp³-hybridized carbons (Fsp3) is 0.364. The number of amidine groups is 1. The van der Waals surface area contributed by atoms with Crippen LogP contribution in [0.3, 0.4) is 0 Å². The van der Waals surface area contributed by atoms with E-state index in [1.165, 1.54) is 30.6 Å². The van der Waals surface area contributed by atoms with Gasteiger partial charge in [-0.15, -0.1) is 11.3 Å². The topological polar surface area (TPSA) is 83.9 Å². The molecule has 7 nitrogen and oxygen atoms in total. The summed E-state index contributed by atoms with van der Waals surface area (Å²) >= 11 is 11.3. The van der Waals surface area contributed by atoms with Crippen LogP contribution in [-0.4, -0.2) is 56.7 Å². The summed E-state index contributed by atoms with van der Waals surface area (Å²) in [7, 11) is -1.96. The molecule has 4 rings (SSSR count). The molecule has 0 saturated carbocycles. The van der Waals surface area contributed by atoms with Crippen molar-refractivity contribution in [3.05, 3.63) is 73.5 Å². The van der Waals surface area contributed by atoms with E-state index in [0.717, 1.165) is 16.3 Å². The van der Waals surface area contributed by atoms with Gasteiger partial charge >= 0.3 is 0 Å². The van der Waals surface area contributed by atoms with Gasteiger partial charge in [-0.25, -0.2) is 22.5 Å². The van der Waals surface area contributed by atoms with Crippen molar-refractivity contribution in [2.24, 2.45) is 10.9 Å². The Morgan fingerprint density at radius 3 is 2.94 bits per heavy atom. The van der Waals surface area contributed by atoms with Crippen LogP contribution >= 0.6 is 38.9 Å². The number of hydrogen-bond donors (Lipinski definition) is 1. The molecule has 34 heavy (non-hydrogen) atoms. The Hall–Kier alpha value is -1.63. The molecule has 2 atom stereocenters. The largest absolute Gasteiger partial charge is 0.384 e. The predicted molar refractivity (Wildman–Crippen MR) is 136 cm³/mol. The number of halogens is 3. The summed E-state index contributed by atoms with van der Waals surface area (Å²) in [5.41, 5.74) is 2.62. The molecule has 1 N–H and O–H groups in total. The van der Waals surface area contributed by atoms with Gasteiger partial charge in [0.1, 0.15) is 11.9 Å². The normalized spacial score (nSPS) is 20.8. The number of benzene rings is 1. The van der Waals surface area contributed by atoms with Gasteiger partial charge in [-0.1, -0.05) is 33.6 Å². The Balaban J connectivity index is 1.71. The van der Waals surface area contributed by atoms with Crippen molar-refractivity contribution in [2.75, 3.05) is 32.6 Å². The molecule has 0 radical (unpaired) electrons. The number of aromatic nitrogens is 1. The standard InChI is InChI=1S/C22H23BrClFN4O3S2/c1-32-7-9-34(30,31)27-12-14-10-19-17(4-5-23)20(16-3-2-15(25)11-18(16)24)28-21(29(19)13-14)22-26-6-8-33-22/h2-6,8,11,14,20,27H,7,9-10,12-13H2,1H3/b5-4+/t14?,20-/m0/s1. The summed E-state index contributed by atoms with van der Waals surface area (Å²) in [5, 5.41) is 2.93. The van der Waals surface area contributed by atoms with Crippen molar-refractivity contribution in [3.63, 3.8) is 0 Å². The van der Waals surface area contributed by atoms with Gasteiger partial charge in [0, 0.05) is 48.1 Å². The second-order valence-electron chi connectivity index (χ2n) is 7.89. The summed E-state index contributed by atoms with van der Waals surface area (Å²) in [6.07, 6.45) is 4.27. The number of fused-ring (bicyclic) bond motifs is 1. The molecule has 1 aromatic carbocycles. The van der Waals surface area contributed by atoms with Crippen molar-refractivity contribution < 1.29 is 17.5 Å². The summed E-state index contributed by atoms with van der Waals surface area (Å²) in [4.78, 5) is 13.3. The number of nitrogens with zero attached hydrogens (tertiary/aromatic N) is 3. The van der Waals surface area contributed by atoms with E-state index in [2.05, 4.69) is 30.5 Å². The lowest BCUT2D eigenvalue weighted by Gasteiger charge is -2.32. The molecule has 1 unspecified atom stereocenters. The van der Waals surface area contributed by atoms with Crippen LogP contribution in [0.2, 0.25) is 5.02 Å². The van der Waals surface area contributed by atoms with Crippen molar-refractivity contribution in [1.82, 2.24) is 14.6 Å². The van der Waals surface area contributed by atoms with Crippen LogP contribution in [0.5, 0.6) is 0 Å². The second-order valence-corrected chi connectivity index (χ2v) is 11.7. The van der Waals surface area contributed by atoms with Gasteiger partial charge in [0.15, 0.2) is 10.8 Å². The fourth-order valence-electron chi connectivity index (χ4n) is 4.09. The molecule has 2 aliphatic heterocycles. The maximum absolute atomic E-state index is 13.8. The minimum atomic E-state index is -3.43. The van der Waals surface area contributed by atoms with Gasteiger partial charge in [-0.2, -0.15) is 0 Å². The summed E-state index contributed by atoms with van der Waals surface area (Å²) in [5.74, 6) is 0.227. The molecule has 1 aromatic heterocycles. The molecule has 0 aliphatic carbocycles. The number of sulfonamides is 1. The first kappa shape index (κ1) is 25.5. The van der Waals surface area contributed by atoms with Crippen molar-refractivity contribution in [1.29, 1.82) is 0 Å². The average molecular weight is 590 g/mol. The lowest BCUT2D eigenvalue weighted by atomic mass is 9.94. The second kappa shape index (κ2) is 11.0. The monoisotopic (exact) mass is 588 g/mol. The van der Waals surface area contributed by atoms with E-state index < -0.39 is 21.9 Å². The first-order chi connectivity index (χ1) is 16.3. The molecule has 182 valence electrons. The van der Waals surface area contributed by atoms with Crippen molar-refractivity contribution in [3.8, 4) is 0 Å². The third-order valence-corrected chi connectivity index (χ3v) is 8.33. The third kappa shape index (κ3) is 5.60. The van der Waals surface area contributed by atoms with E-state index in [1.54, 1.807) is 17.2 Å². The Morgan fingerprint density at radius 2 is 2.26 bits per heavy atom. The molecule has 3 heterocycles. The van der Waals surface area contributed by atoms with Crippen molar-refractivity contribution >= 4 is 54.7 Å². The molecular formula is C22H23BrClFN4O3S2. The SMILES string of the molecule is COCCS(=O)(=O)NCC1CC2=C(/C=C/Br)[C@H](c3ccc(F)cc3Cl)N=C(c3nccs3)N2C1. The molecule has 12 heteroatoms. The predicted octanol–water partition coefficient (Wildman–Crippen LogP) is 4.49. The van der Waals surface area contributed by atoms with Gasteiger partial charge in [0.2, 0.25) is 10.0 Å². The van der Waals surface area contributed by atoms with Crippen LogP contribution in [-0.2, 0) is 14.8 Å². The van der Waals surface area contributed by atoms with E-state index >= 15 is 0 Å². The number of thiazole rings is 1. The number of methoxy groups -OCH3 is 1. The number of nitrogens with one attached hydrogen (secondary N) is 1. The van der Waals surface area contributed by atoms with Gasteiger partial charge < -0.3 is 9.64 Å². The van der Waals surface area contributed by atoms with Crippen molar-refractivity contribution in [2.45, 2.75) is 12.5 Å². The summed E-state index contributed by atoms with van der Waals surface area (Å²) < 4.78 is 45.9. The maximum Gasteiger partial charge on any atom is 0.213 e. The zero-order valence-corrected chi connectivity index (χ0v) is 22.2. The molecule has 1 saturated heterocycles. The minimum absolute atomic E-state index is 0.0265. The highest BCUT2D eigenvalue weighted by Crippen LogP contribution is 2.43. The zero-order chi connectivity index (χ0) is 24.3. The number of ether oxygens (including phenoxy) is 1. The zero-order valence-electron chi connectivity index (χ0n) is 18.2. The molecule has 2 aromatic rings. The molecular weight excluding hydrogens is 567 g/mol. The van der Waals surface area contributed by atoms with E-state index in [0.29, 0.717) is 35.9 Å². The molecule has 0 amide bonds. The first-order valence-corrected chi connectivity index (χ1v) is 14.3. The van der Waals surface area contributed by atoms with Crippen LogP contribution in [0, 0.1) is 11.7 Å². The lowest BCUT2D eigenvalue weighted by molar-refractivity contribution is 0.217. The summed E-state index contributed by atoms with van der Waals surface area (Å²) in [6, 6.07) is 3.86. The number of aliphatic imine (C=N–C) groups is 1. The number of hydrogen-bond acceptors (Lipinski definition) is 7. The average Bonchev–Trinajstić information content (AvgIpc) is 3.48. The maximum atomic E-state index is 13.8. The fourth-order valence-corrected chi connectivity index (χ4v) is 6.31. The van der Waals surface area contributed by atoms with Gasteiger partial charge in [-0.05, 0) is 41.1 Å². The lowest BCUT2D eigenvalue weighted by Crippen LogP contribution is -2.36. The van der Waals surface area contributed by atoms with Crippen LogP contribution in [0.25, 0.3) is 0 Å². The molecule has 2 aliphatic rings. The summed E-state index contributed by atoms with van der Waals surface area (Å²) in [6.45, 7) is 1.02. The Bertz CT molecular complexity index is 1230. The van der Waals surface area contributed by atoms with E-state index in [-0.39, 0.29) is 18.3 Å². The number of rotatable bonds is 9. The highest BCUT2D eigenvalue weighted by molar-refractivity contribution is 9.11. The van der Waals surface area contributed by atoms with E-state index in [4.69, 9.17) is 21.3 Å². The molecule has 0 spiro atoms.